The number of carbonyl (C=O) groups is 1. The number of aromatic amines is 1. The van der Waals surface area contributed by atoms with Gasteiger partial charge in [-0.05, 0) is 43.0 Å². The van der Waals surface area contributed by atoms with E-state index in [2.05, 4.69) is 11.1 Å². The van der Waals surface area contributed by atoms with Crippen LogP contribution in [-0.4, -0.2) is 10.8 Å². The van der Waals surface area contributed by atoms with Crippen LogP contribution in [0, 0.1) is 0 Å². The molecular formula is C14H15NO. The first-order chi connectivity index (χ1) is 7.78. The predicted molar refractivity (Wildman–Crippen MR) is 64.9 cm³/mol. The summed E-state index contributed by atoms with van der Waals surface area (Å²) in [4.78, 5) is 15.0. The van der Waals surface area contributed by atoms with Crippen molar-refractivity contribution < 1.29 is 4.79 Å². The summed E-state index contributed by atoms with van der Waals surface area (Å²) in [5, 5.41) is 1.17. The number of ketones is 1. The molecule has 1 N–H and O–H groups in total. The standard InChI is InChI=1S/C14H15NO/c1-2-14(16)10-5-6-12-11(7-10)8-13(15-12)9-3-4-9/h5-9,15H,2-4H2,1H3. The number of carbonyl (C=O) groups excluding carboxylic acids is 1. The summed E-state index contributed by atoms with van der Waals surface area (Å²) in [6.07, 6.45) is 3.17. The summed E-state index contributed by atoms with van der Waals surface area (Å²) < 4.78 is 0. The minimum Gasteiger partial charge on any atom is -0.358 e. The third-order valence-corrected chi connectivity index (χ3v) is 3.30. The first-order valence-electron chi connectivity index (χ1n) is 5.94. The molecule has 16 heavy (non-hydrogen) atoms. The molecular weight excluding hydrogens is 198 g/mol. The maximum atomic E-state index is 11.6. The van der Waals surface area contributed by atoms with Gasteiger partial charge < -0.3 is 4.98 Å². The maximum absolute atomic E-state index is 11.6. The van der Waals surface area contributed by atoms with Crippen molar-refractivity contribution in [2.75, 3.05) is 0 Å². The highest BCUT2D eigenvalue weighted by atomic mass is 16.1. The number of H-pyrrole nitrogens is 1. The molecule has 2 aromatic rings. The van der Waals surface area contributed by atoms with Gasteiger partial charge in [-0.2, -0.15) is 0 Å². The molecule has 1 aliphatic rings. The van der Waals surface area contributed by atoms with Gasteiger partial charge in [0.15, 0.2) is 5.78 Å². The van der Waals surface area contributed by atoms with E-state index in [0.29, 0.717) is 6.42 Å². The Morgan fingerprint density at radius 3 is 2.88 bits per heavy atom. The molecule has 2 heteroatoms. The lowest BCUT2D eigenvalue weighted by Gasteiger charge is -1.97. The van der Waals surface area contributed by atoms with Crippen LogP contribution in [0.1, 0.15) is 48.2 Å². The Bertz CT molecular complexity index is 549. The smallest absolute Gasteiger partial charge is 0.162 e. The van der Waals surface area contributed by atoms with Crippen LogP contribution < -0.4 is 0 Å². The highest BCUT2D eigenvalue weighted by molar-refractivity contribution is 5.99. The van der Waals surface area contributed by atoms with E-state index < -0.39 is 0 Å². The summed E-state index contributed by atoms with van der Waals surface area (Å²) in [7, 11) is 0. The Morgan fingerprint density at radius 2 is 2.19 bits per heavy atom. The molecule has 0 bridgehead atoms. The van der Waals surface area contributed by atoms with Gasteiger partial charge in [0.25, 0.3) is 0 Å². The molecule has 0 atom stereocenters. The largest absolute Gasteiger partial charge is 0.358 e. The molecule has 2 nitrogen and oxygen atoms in total. The molecule has 1 heterocycles. The SMILES string of the molecule is CCC(=O)c1ccc2[nH]c(C3CC3)cc2c1. The Kier molecular flexibility index (Phi) is 2.10. The zero-order valence-corrected chi connectivity index (χ0v) is 9.42. The average molecular weight is 213 g/mol. The first-order valence-corrected chi connectivity index (χ1v) is 5.94. The van der Waals surface area contributed by atoms with Crippen LogP contribution in [0.25, 0.3) is 10.9 Å². The van der Waals surface area contributed by atoms with Crippen LogP contribution >= 0.6 is 0 Å². The van der Waals surface area contributed by atoms with Crippen molar-refractivity contribution in [2.24, 2.45) is 0 Å². The molecule has 0 spiro atoms. The second-order valence-corrected chi connectivity index (χ2v) is 4.58. The fraction of sp³-hybridized carbons (Fsp3) is 0.357. The van der Waals surface area contributed by atoms with Crippen molar-refractivity contribution in [1.82, 2.24) is 4.98 Å². The predicted octanol–water partition coefficient (Wildman–Crippen LogP) is 3.64. The quantitative estimate of drug-likeness (QED) is 0.776. The Balaban J connectivity index is 2.06. The van der Waals surface area contributed by atoms with Gasteiger partial charge in [-0.15, -0.1) is 0 Å². The van der Waals surface area contributed by atoms with Gasteiger partial charge in [-0.3, -0.25) is 4.79 Å². The Labute approximate surface area is 94.7 Å². The number of hydrogen-bond acceptors (Lipinski definition) is 1. The van der Waals surface area contributed by atoms with Gasteiger partial charge in [0.2, 0.25) is 0 Å². The summed E-state index contributed by atoms with van der Waals surface area (Å²) in [6, 6.07) is 8.13. The number of rotatable bonds is 3. The number of Topliss-reactive ketones (excluding diaryl/α,β-unsaturated/α-hetero) is 1. The van der Waals surface area contributed by atoms with Gasteiger partial charge in [-0.1, -0.05) is 6.92 Å². The van der Waals surface area contributed by atoms with E-state index in [4.69, 9.17) is 0 Å². The highest BCUT2D eigenvalue weighted by Crippen LogP contribution is 2.40. The molecule has 1 aromatic carbocycles. The lowest BCUT2D eigenvalue weighted by molar-refractivity contribution is 0.0988. The second kappa shape index (κ2) is 3.48. The van der Waals surface area contributed by atoms with Crippen molar-refractivity contribution in [2.45, 2.75) is 32.1 Å². The number of benzene rings is 1. The van der Waals surface area contributed by atoms with Gasteiger partial charge in [-0.25, -0.2) is 0 Å². The molecule has 3 rings (SSSR count). The van der Waals surface area contributed by atoms with Gasteiger partial charge in [0.05, 0.1) is 0 Å². The zero-order chi connectivity index (χ0) is 11.1. The molecule has 82 valence electrons. The third-order valence-electron chi connectivity index (χ3n) is 3.30. The topological polar surface area (TPSA) is 32.9 Å². The molecule has 0 saturated heterocycles. The molecule has 1 aromatic heterocycles. The van der Waals surface area contributed by atoms with E-state index in [1.807, 2.05) is 25.1 Å². The molecule has 0 aliphatic heterocycles. The van der Waals surface area contributed by atoms with E-state index in [1.165, 1.54) is 23.9 Å². The first kappa shape index (κ1) is 9.64. The van der Waals surface area contributed by atoms with E-state index in [0.717, 1.165) is 17.0 Å². The molecule has 1 fully saturated rings. The van der Waals surface area contributed by atoms with E-state index in [-0.39, 0.29) is 5.78 Å². The normalized spacial score (nSPS) is 15.6. The lowest BCUT2D eigenvalue weighted by atomic mass is 10.1. The minimum atomic E-state index is 0.219. The van der Waals surface area contributed by atoms with Crippen LogP contribution in [0.4, 0.5) is 0 Å². The van der Waals surface area contributed by atoms with Gasteiger partial charge in [0.1, 0.15) is 0 Å². The van der Waals surface area contributed by atoms with Crippen LogP contribution in [0.15, 0.2) is 24.3 Å². The molecule has 1 saturated carbocycles. The van der Waals surface area contributed by atoms with Crippen LogP contribution in [0.3, 0.4) is 0 Å². The van der Waals surface area contributed by atoms with E-state index in [9.17, 15) is 4.79 Å². The second-order valence-electron chi connectivity index (χ2n) is 4.58. The van der Waals surface area contributed by atoms with Crippen molar-refractivity contribution in [1.29, 1.82) is 0 Å². The summed E-state index contributed by atoms with van der Waals surface area (Å²) >= 11 is 0. The molecule has 0 radical (unpaired) electrons. The molecule has 0 amide bonds. The zero-order valence-electron chi connectivity index (χ0n) is 9.42. The van der Waals surface area contributed by atoms with Crippen LogP contribution in [0.2, 0.25) is 0 Å². The Hall–Kier alpha value is -1.57. The fourth-order valence-electron chi connectivity index (χ4n) is 2.15. The summed E-state index contributed by atoms with van der Waals surface area (Å²) in [6.45, 7) is 1.90. The highest BCUT2D eigenvalue weighted by Gasteiger charge is 2.25. The van der Waals surface area contributed by atoms with Crippen molar-refractivity contribution in [3.63, 3.8) is 0 Å². The average Bonchev–Trinajstić information content (AvgIpc) is 3.07. The van der Waals surface area contributed by atoms with Gasteiger partial charge in [0, 0.05) is 28.6 Å². The van der Waals surface area contributed by atoms with Crippen LogP contribution in [-0.2, 0) is 0 Å². The van der Waals surface area contributed by atoms with Crippen molar-refractivity contribution in [3.05, 3.63) is 35.5 Å². The van der Waals surface area contributed by atoms with Crippen molar-refractivity contribution in [3.8, 4) is 0 Å². The Morgan fingerprint density at radius 1 is 1.38 bits per heavy atom. The molecule has 0 unspecified atom stereocenters. The third kappa shape index (κ3) is 1.54. The minimum absolute atomic E-state index is 0.219. The number of aromatic nitrogens is 1. The van der Waals surface area contributed by atoms with E-state index in [1.54, 1.807) is 0 Å². The van der Waals surface area contributed by atoms with Crippen LogP contribution in [0.5, 0.6) is 0 Å². The fourth-order valence-corrected chi connectivity index (χ4v) is 2.15. The number of hydrogen-bond donors (Lipinski definition) is 1. The number of fused-ring (bicyclic) bond motifs is 1. The van der Waals surface area contributed by atoms with E-state index >= 15 is 0 Å². The number of nitrogens with one attached hydrogen (secondary N) is 1. The maximum Gasteiger partial charge on any atom is 0.162 e. The monoisotopic (exact) mass is 213 g/mol. The van der Waals surface area contributed by atoms with Gasteiger partial charge >= 0.3 is 0 Å². The van der Waals surface area contributed by atoms with Crippen molar-refractivity contribution >= 4 is 16.7 Å². The summed E-state index contributed by atoms with van der Waals surface area (Å²) in [5.41, 5.74) is 3.31. The summed E-state index contributed by atoms with van der Waals surface area (Å²) in [5.74, 6) is 0.953. The molecule has 1 aliphatic carbocycles. The lowest BCUT2D eigenvalue weighted by Crippen LogP contribution is -1.95.